The molecule has 0 saturated carbocycles. The monoisotopic (exact) mass is 260 g/mol. The Balaban J connectivity index is 1.90. The summed E-state index contributed by atoms with van der Waals surface area (Å²) in [5.41, 5.74) is 2.14. The lowest BCUT2D eigenvalue weighted by molar-refractivity contribution is 0.369. The van der Waals surface area contributed by atoms with E-state index in [0.29, 0.717) is 22.9 Å². The summed E-state index contributed by atoms with van der Waals surface area (Å²) in [6, 6.07) is 8.04. The van der Waals surface area contributed by atoms with Gasteiger partial charge in [0.1, 0.15) is 0 Å². The first-order chi connectivity index (χ1) is 8.74. The third kappa shape index (κ3) is 1.95. The molecule has 0 saturated heterocycles. The molecule has 18 heavy (non-hydrogen) atoms. The van der Waals surface area contributed by atoms with Crippen molar-refractivity contribution in [1.29, 1.82) is 0 Å². The molecule has 0 bridgehead atoms. The molecule has 0 aliphatic heterocycles. The molecule has 0 radical (unpaired) electrons. The topological polar surface area (TPSA) is 59.6 Å². The van der Waals surface area contributed by atoms with Crippen LogP contribution >= 0.6 is 12.2 Å². The van der Waals surface area contributed by atoms with Gasteiger partial charge in [0.25, 0.3) is 0 Å². The van der Waals surface area contributed by atoms with Gasteiger partial charge in [-0.15, -0.1) is 0 Å². The smallest absolute Gasteiger partial charge is 0.228 e. The molecule has 0 aliphatic carbocycles. The van der Waals surface area contributed by atoms with E-state index in [2.05, 4.69) is 15.1 Å². The maximum Gasteiger partial charge on any atom is 0.228 e. The second-order valence-corrected chi connectivity index (χ2v) is 4.47. The molecule has 0 fully saturated rings. The summed E-state index contributed by atoms with van der Waals surface area (Å²) in [5, 5.41) is 3.77. The molecule has 1 N–H and O–H groups in total. The number of hydrogen-bond acceptors (Lipinski definition) is 4. The largest absolute Gasteiger partial charge is 0.339 e. The number of hydrogen-bond donors (Lipinski definition) is 1. The first-order valence-corrected chi connectivity index (χ1v) is 6.11. The van der Waals surface area contributed by atoms with Gasteiger partial charge in [-0.05, 0) is 31.3 Å². The van der Waals surface area contributed by atoms with Crippen LogP contribution in [-0.4, -0.2) is 19.7 Å². The van der Waals surface area contributed by atoms with Crippen molar-refractivity contribution < 1.29 is 4.52 Å². The Morgan fingerprint density at radius 3 is 3.00 bits per heavy atom. The standard InChI is InChI=1S/C12H12N4OS/c1-8-13-11(17-15-8)6-7-16-10-5-3-2-4-9(10)14-12(16)18/h2-5H,6-7H2,1H3,(H,14,18). The first kappa shape index (κ1) is 11.2. The van der Waals surface area contributed by atoms with Crippen molar-refractivity contribution >= 4 is 23.3 Å². The molecule has 2 aromatic heterocycles. The van der Waals surface area contributed by atoms with E-state index in [1.165, 1.54) is 0 Å². The Labute approximate surface area is 108 Å². The number of nitrogens with zero attached hydrogens (tertiary/aromatic N) is 3. The summed E-state index contributed by atoms with van der Waals surface area (Å²) in [5.74, 6) is 1.30. The highest BCUT2D eigenvalue weighted by molar-refractivity contribution is 7.71. The number of H-pyrrole nitrogens is 1. The molecular weight excluding hydrogens is 248 g/mol. The number of fused-ring (bicyclic) bond motifs is 1. The lowest BCUT2D eigenvalue weighted by atomic mass is 10.3. The second kappa shape index (κ2) is 4.38. The van der Waals surface area contributed by atoms with Crippen LogP contribution in [0, 0.1) is 11.7 Å². The highest BCUT2D eigenvalue weighted by atomic mass is 32.1. The van der Waals surface area contributed by atoms with Crippen LogP contribution < -0.4 is 0 Å². The van der Waals surface area contributed by atoms with Crippen LogP contribution in [-0.2, 0) is 13.0 Å². The normalized spacial score (nSPS) is 11.2. The molecular formula is C12H12N4OS. The average Bonchev–Trinajstić information content (AvgIpc) is 2.90. The van der Waals surface area contributed by atoms with Gasteiger partial charge in [0, 0.05) is 13.0 Å². The first-order valence-electron chi connectivity index (χ1n) is 5.71. The van der Waals surface area contributed by atoms with Gasteiger partial charge in [-0.25, -0.2) is 0 Å². The van der Waals surface area contributed by atoms with E-state index in [0.717, 1.165) is 17.6 Å². The zero-order chi connectivity index (χ0) is 12.5. The minimum atomic E-state index is 0.639. The molecule has 6 heteroatoms. The van der Waals surface area contributed by atoms with Gasteiger partial charge in [-0.1, -0.05) is 17.3 Å². The third-order valence-electron chi connectivity index (χ3n) is 2.80. The summed E-state index contributed by atoms with van der Waals surface area (Å²) < 4.78 is 7.86. The predicted octanol–water partition coefficient (Wildman–Crippen LogP) is 2.63. The number of imidazole rings is 1. The van der Waals surface area contributed by atoms with Gasteiger partial charge in [0.2, 0.25) is 5.89 Å². The van der Waals surface area contributed by atoms with Crippen molar-refractivity contribution in [3.8, 4) is 0 Å². The van der Waals surface area contributed by atoms with Crippen LogP contribution in [0.15, 0.2) is 28.8 Å². The zero-order valence-corrected chi connectivity index (χ0v) is 10.7. The van der Waals surface area contributed by atoms with Gasteiger partial charge < -0.3 is 14.1 Å². The molecule has 5 nitrogen and oxygen atoms in total. The van der Waals surface area contributed by atoms with Crippen molar-refractivity contribution in [2.24, 2.45) is 0 Å². The van der Waals surface area contributed by atoms with Crippen molar-refractivity contribution in [3.63, 3.8) is 0 Å². The third-order valence-corrected chi connectivity index (χ3v) is 3.12. The van der Waals surface area contributed by atoms with E-state index in [4.69, 9.17) is 16.7 Å². The molecule has 3 aromatic rings. The molecule has 0 atom stereocenters. The lowest BCUT2D eigenvalue weighted by Gasteiger charge is -2.01. The number of aryl methyl sites for hydroxylation is 3. The lowest BCUT2D eigenvalue weighted by Crippen LogP contribution is -2.01. The Morgan fingerprint density at radius 2 is 2.22 bits per heavy atom. The van der Waals surface area contributed by atoms with Crippen LogP contribution in [0.3, 0.4) is 0 Å². The average molecular weight is 260 g/mol. The number of nitrogens with one attached hydrogen (secondary N) is 1. The Kier molecular flexibility index (Phi) is 2.71. The quantitative estimate of drug-likeness (QED) is 0.735. The van der Waals surface area contributed by atoms with Crippen molar-refractivity contribution in [3.05, 3.63) is 40.8 Å². The number of para-hydroxylation sites is 2. The van der Waals surface area contributed by atoms with Crippen LogP contribution in [0.25, 0.3) is 11.0 Å². The van der Waals surface area contributed by atoms with Gasteiger partial charge in [0.05, 0.1) is 11.0 Å². The van der Waals surface area contributed by atoms with Crippen molar-refractivity contribution in [1.82, 2.24) is 19.7 Å². The van der Waals surface area contributed by atoms with Gasteiger partial charge >= 0.3 is 0 Å². The summed E-state index contributed by atoms with van der Waals surface area (Å²) >= 11 is 5.31. The molecule has 0 amide bonds. The van der Waals surface area contributed by atoms with Crippen LogP contribution in [0.4, 0.5) is 0 Å². The number of benzene rings is 1. The van der Waals surface area contributed by atoms with Gasteiger partial charge in [-0.2, -0.15) is 4.98 Å². The minimum Gasteiger partial charge on any atom is -0.339 e. The minimum absolute atomic E-state index is 0.639. The van der Waals surface area contributed by atoms with Crippen molar-refractivity contribution in [2.75, 3.05) is 0 Å². The molecule has 0 unspecified atom stereocenters. The highest BCUT2D eigenvalue weighted by Crippen LogP contribution is 2.14. The summed E-state index contributed by atoms with van der Waals surface area (Å²) in [6.07, 6.45) is 0.678. The van der Waals surface area contributed by atoms with E-state index >= 15 is 0 Å². The maximum absolute atomic E-state index is 5.31. The second-order valence-electron chi connectivity index (χ2n) is 4.08. The van der Waals surface area contributed by atoms with Crippen LogP contribution in [0.5, 0.6) is 0 Å². The Hall–Kier alpha value is -1.95. The van der Waals surface area contributed by atoms with E-state index in [1.807, 2.05) is 35.8 Å². The highest BCUT2D eigenvalue weighted by Gasteiger charge is 2.06. The van der Waals surface area contributed by atoms with E-state index < -0.39 is 0 Å². The molecule has 0 spiro atoms. The van der Waals surface area contributed by atoms with Crippen LogP contribution in [0.2, 0.25) is 0 Å². The Morgan fingerprint density at radius 1 is 1.39 bits per heavy atom. The van der Waals surface area contributed by atoms with E-state index in [9.17, 15) is 0 Å². The molecule has 2 heterocycles. The molecule has 1 aromatic carbocycles. The number of aromatic nitrogens is 4. The fraction of sp³-hybridized carbons (Fsp3) is 0.250. The van der Waals surface area contributed by atoms with Gasteiger partial charge in [-0.3, -0.25) is 0 Å². The molecule has 92 valence electrons. The summed E-state index contributed by atoms with van der Waals surface area (Å²) in [6.45, 7) is 2.54. The number of rotatable bonds is 3. The van der Waals surface area contributed by atoms with Crippen molar-refractivity contribution in [2.45, 2.75) is 19.9 Å². The summed E-state index contributed by atoms with van der Waals surface area (Å²) in [4.78, 5) is 7.36. The fourth-order valence-electron chi connectivity index (χ4n) is 1.98. The van der Waals surface area contributed by atoms with Gasteiger partial charge in [0.15, 0.2) is 10.6 Å². The Bertz CT molecular complexity index is 740. The van der Waals surface area contributed by atoms with Crippen LogP contribution in [0.1, 0.15) is 11.7 Å². The number of aromatic amines is 1. The molecule has 0 aliphatic rings. The SMILES string of the molecule is Cc1noc(CCn2c(=S)[nH]c3ccccc32)n1. The predicted molar refractivity (Wildman–Crippen MR) is 69.9 cm³/mol. The molecule has 3 rings (SSSR count). The fourth-order valence-corrected chi connectivity index (χ4v) is 2.28. The van der Waals surface area contributed by atoms with E-state index in [1.54, 1.807) is 0 Å². The zero-order valence-electron chi connectivity index (χ0n) is 9.88. The van der Waals surface area contributed by atoms with E-state index in [-0.39, 0.29) is 0 Å². The maximum atomic E-state index is 5.31. The summed E-state index contributed by atoms with van der Waals surface area (Å²) in [7, 11) is 0.